The summed E-state index contributed by atoms with van der Waals surface area (Å²) in [5.41, 5.74) is 1.42. The Morgan fingerprint density at radius 1 is 1.33 bits per heavy atom. The molecular weight excluding hydrogens is 190 g/mol. The van der Waals surface area contributed by atoms with Crippen LogP contribution in [0.5, 0.6) is 0 Å². The number of likely N-dealkylation sites (N-methyl/N-ethyl adjacent to an activating group) is 1. The number of rotatable bonds is 4. The van der Waals surface area contributed by atoms with Crippen LogP contribution < -0.4 is 5.32 Å². The van der Waals surface area contributed by atoms with Crippen molar-refractivity contribution in [1.29, 1.82) is 0 Å². The Hall–Kier alpha value is -1.34. The first kappa shape index (κ1) is 11.7. The maximum atomic E-state index is 9.74. The largest absolute Gasteiger partial charge is 0.389 e. The molecule has 0 spiro atoms. The van der Waals surface area contributed by atoms with Gasteiger partial charge in [0.1, 0.15) is 6.10 Å². The second-order valence-electron chi connectivity index (χ2n) is 3.34. The fourth-order valence-electron chi connectivity index (χ4n) is 1.32. The first-order valence-electron chi connectivity index (χ1n) is 4.76. The van der Waals surface area contributed by atoms with E-state index in [1.807, 2.05) is 0 Å². The summed E-state index contributed by atoms with van der Waals surface area (Å²) in [6.45, 7) is 0.345. The summed E-state index contributed by atoms with van der Waals surface area (Å²) in [7, 11) is 1.72. The molecule has 0 heterocycles. The highest BCUT2D eigenvalue weighted by Gasteiger charge is 2.16. The number of hydrogen-bond acceptors (Lipinski definition) is 3. The van der Waals surface area contributed by atoms with E-state index in [9.17, 15) is 10.2 Å². The number of hydrogen-bond donors (Lipinski definition) is 3. The van der Waals surface area contributed by atoms with Crippen LogP contribution in [-0.4, -0.2) is 29.9 Å². The van der Waals surface area contributed by atoms with Crippen molar-refractivity contribution in [3.05, 3.63) is 35.4 Å². The van der Waals surface area contributed by atoms with Crippen LogP contribution in [0, 0.1) is 12.3 Å². The highest BCUT2D eigenvalue weighted by Crippen LogP contribution is 2.16. The predicted molar refractivity (Wildman–Crippen MR) is 59.3 cm³/mol. The van der Waals surface area contributed by atoms with Gasteiger partial charge in [-0.25, -0.2) is 0 Å². The first-order valence-corrected chi connectivity index (χ1v) is 4.76. The summed E-state index contributed by atoms with van der Waals surface area (Å²) in [6, 6.07) is 6.92. The highest BCUT2D eigenvalue weighted by atomic mass is 16.3. The van der Waals surface area contributed by atoms with E-state index in [0.29, 0.717) is 12.1 Å². The molecule has 0 amide bonds. The molecule has 0 saturated carbocycles. The number of nitrogens with one attached hydrogen (secondary N) is 1. The van der Waals surface area contributed by atoms with E-state index >= 15 is 0 Å². The SMILES string of the molecule is C#Cc1ccc(C(O)C(O)CNC)cc1. The lowest BCUT2D eigenvalue weighted by Crippen LogP contribution is -2.29. The minimum Gasteiger partial charge on any atom is -0.389 e. The molecule has 0 aliphatic carbocycles. The average Bonchev–Trinajstić information content (AvgIpc) is 2.28. The molecule has 0 bridgehead atoms. The quantitative estimate of drug-likeness (QED) is 0.619. The van der Waals surface area contributed by atoms with Crippen LogP contribution in [0.3, 0.4) is 0 Å². The number of benzene rings is 1. The van der Waals surface area contributed by atoms with Gasteiger partial charge in [-0.2, -0.15) is 0 Å². The van der Waals surface area contributed by atoms with Gasteiger partial charge >= 0.3 is 0 Å². The second kappa shape index (κ2) is 5.52. The van der Waals surface area contributed by atoms with E-state index < -0.39 is 12.2 Å². The Bertz CT molecular complexity index is 340. The third kappa shape index (κ3) is 3.07. The Morgan fingerprint density at radius 3 is 2.40 bits per heavy atom. The van der Waals surface area contributed by atoms with Crippen molar-refractivity contribution in [3.8, 4) is 12.3 Å². The van der Waals surface area contributed by atoms with E-state index in [1.165, 1.54) is 0 Å². The molecule has 80 valence electrons. The molecule has 3 heteroatoms. The second-order valence-corrected chi connectivity index (χ2v) is 3.34. The van der Waals surface area contributed by atoms with Crippen molar-refractivity contribution >= 4 is 0 Å². The smallest absolute Gasteiger partial charge is 0.106 e. The summed E-state index contributed by atoms with van der Waals surface area (Å²) in [5.74, 6) is 2.49. The molecule has 3 N–H and O–H groups in total. The minimum absolute atomic E-state index is 0.345. The van der Waals surface area contributed by atoms with Crippen LogP contribution in [0.4, 0.5) is 0 Å². The Kier molecular flexibility index (Phi) is 4.32. The lowest BCUT2D eigenvalue weighted by atomic mass is 10.0. The number of aliphatic hydroxyl groups is 2. The molecule has 3 nitrogen and oxygen atoms in total. The van der Waals surface area contributed by atoms with Crippen molar-refractivity contribution in [2.45, 2.75) is 12.2 Å². The molecule has 2 atom stereocenters. The monoisotopic (exact) mass is 205 g/mol. The Balaban J connectivity index is 2.74. The zero-order valence-electron chi connectivity index (χ0n) is 8.64. The van der Waals surface area contributed by atoms with Crippen LogP contribution in [0.1, 0.15) is 17.2 Å². The van der Waals surface area contributed by atoms with Crippen molar-refractivity contribution in [3.63, 3.8) is 0 Å². The standard InChI is InChI=1S/C12H15NO2/c1-3-9-4-6-10(7-5-9)12(15)11(14)8-13-2/h1,4-7,11-15H,8H2,2H3. The van der Waals surface area contributed by atoms with Gasteiger partial charge in [-0.15, -0.1) is 6.42 Å². The van der Waals surface area contributed by atoms with E-state index in [2.05, 4.69) is 11.2 Å². The molecule has 0 saturated heterocycles. The third-order valence-electron chi connectivity index (χ3n) is 2.20. The Labute approximate surface area is 89.8 Å². The van der Waals surface area contributed by atoms with Gasteiger partial charge in [0.15, 0.2) is 0 Å². The highest BCUT2D eigenvalue weighted by molar-refractivity contribution is 5.35. The van der Waals surface area contributed by atoms with Crippen molar-refractivity contribution in [2.75, 3.05) is 13.6 Å². The van der Waals surface area contributed by atoms with Gasteiger partial charge in [0.2, 0.25) is 0 Å². The molecule has 1 aromatic carbocycles. The molecule has 0 aliphatic rings. The molecule has 0 radical (unpaired) electrons. The van der Waals surface area contributed by atoms with E-state index in [1.54, 1.807) is 31.3 Å². The van der Waals surface area contributed by atoms with Gasteiger partial charge in [-0.3, -0.25) is 0 Å². The molecule has 2 unspecified atom stereocenters. The number of terminal acetylenes is 1. The summed E-state index contributed by atoms with van der Waals surface area (Å²) in [5, 5.41) is 22.1. The molecular formula is C12H15NO2. The maximum Gasteiger partial charge on any atom is 0.106 e. The fraction of sp³-hybridized carbons (Fsp3) is 0.333. The average molecular weight is 205 g/mol. The molecule has 15 heavy (non-hydrogen) atoms. The van der Waals surface area contributed by atoms with Gasteiger partial charge < -0.3 is 15.5 Å². The number of aliphatic hydroxyl groups excluding tert-OH is 2. The zero-order valence-corrected chi connectivity index (χ0v) is 8.64. The summed E-state index contributed by atoms with van der Waals surface area (Å²) in [6.07, 6.45) is 3.51. The normalized spacial score (nSPS) is 14.3. The molecule has 0 aliphatic heterocycles. The molecule has 0 aromatic heterocycles. The zero-order chi connectivity index (χ0) is 11.3. The van der Waals surface area contributed by atoms with Crippen LogP contribution >= 0.6 is 0 Å². The van der Waals surface area contributed by atoms with Crippen molar-refractivity contribution in [1.82, 2.24) is 5.32 Å². The maximum absolute atomic E-state index is 9.74. The van der Waals surface area contributed by atoms with Crippen LogP contribution in [0.2, 0.25) is 0 Å². The summed E-state index contributed by atoms with van der Waals surface area (Å²) >= 11 is 0. The minimum atomic E-state index is -0.885. The van der Waals surface area contributed by atoms with Crippen LogP contribution in [-0.2, 0) is 0 Å². The van der Waals surface area contributed by atoms with E-state index in [4.69, 9.17) is 6.42 Å². The molecule has 1 rings (SSSR count). The van der Waals surface area contributed by atoms with Gasteiger partial charge in [-0.05, 0) is 24.7 Å². The summed E-state index contributed by atoms with van der Waals surface area (Å²) in [4.78, 5) is 0. The predicted octanol–water partition coefficient (Wildman–Crippen LogP) is 0.282. The van der Waals surface area contributed by atoms with Gasteiger partial charge in [0, 0.05) is 12.1 Å². The van der Waals surface area contributed by atoms with Crippen molar-refractivity contribution in [2.24, 2.45) is 0 Å². The van der Waals surface area contributed by atoms with Gasteiger partial charge in [0.25, 0.3) is 0 Å². The molecule has 0 fully saturated rings. The fourth-order valence-corrected chi connectivity index (χ4v) is 1.32. The van der Waals surface area contributed by atoms with Gasteiger partial charge in [-0.1, -0.05) is 18.1 Å². The van der Waals surface area contributed by atoms with Crippen LogP contribution in [0.15, 0.2) is 24.3 Å². The lowest BCUT2D eigenvalue weighted by Gasteiger charge is -2.17. The van der Waals surface area contributed by atoms with Crippen LogP contribution in [0.25, 0.3) is 0 Å². The summed E-state index contributed by atoms with van der Waals surface area (Å²) < 4.78 is 0. The van der Waals surface area contributed by atoms with E-state index in [-0.39, 0.29) is 0 Å². The Morgan fingerprint density at radius 2 is 1.93 bits per heavy atom. The first-order chi connectivity index (χ1) is 7.19. The molecule has 1 aromatic rings. The third-order valence-corrected chi connectivity index (χ3v) is 2.20. The van der Waals surface area contributed by atoms with E-state index in [0.717, 1.165) is 5.56 Å². The topological polar surface area (TPSA) is 52.5 Å². The lowest BCUT2D eigenvalue weighted by molar-refractivity contribution is 0.0202. The van der Waals surface area contributed by atoms with Gasteiger partial charge in [0.05, 0.1) is 6.10 Å². The van der Waals surface area contributed by atoms with Crippen molar-refractivity contribution < 1.29 is 10.2 Å².